The molecule has 0 N–H and O–H groups in total. The summed E-state index contributed by atoms with van der Waals surface area (Å²) in [5.74, 6) is 2.24. The van der Waals surface area contributed by atoms with Crippen molar-refractivity contribution in [3.8, 4) is 0 Å². The van der Waals surface area contributed by atoms with E-state index in [2.05, 4.69) is 118 Å². The molecule has 0 saturated heterocycles. The molecule has 33 heavy (non-hydrogen) atoms. The summed E-state index contributed by atoms with van der Waals surface area (Å²) in [5.41, 5.74) is 9.26. The molecule has 3 aliphatic rings. The monoisotopic (exact) mass is 463 g/mol. The van der Waals surface area contributed by atoms with E-state index >= 15 is 0 Å². The second-order valence-corrected chi connectivity index (χ2v) is 16.8. The Bertz CT molecular complexity index is 975. The van der Waals surface area contributed by atoms with Crippen molar-refractivity contribution in [2.75, 3.05) is 0 Å². The lowest BCUT2D eigenvalue weighted by Crippen LogP contribution is -2.56. The third-order valence-electron chi connectivity index (χ3n) is 8.93. The minimum Gasteiger partial charge on any atom is -0.320 e. The molecule has 3 aliphatic carbocycles. The predicted molar refractivity (Wildman–Crippen MR) is 149 cm³/mol. The molecule has 0 bridgehead atoms. The van der Waals surface area contributed by atoms with Crippen LogP contribution in [0.1, 0.15) is 106 Å². The minimum atomic E-state index is -0.414. The molecule has 4 rings (SSSR count). The van der Waals surface area contributed by atoms with Gasteiger partial charge in [-0.1, -0.05) is 71.9 Å². The molecule has 0 aromatic heterocycles. The largest absolute Gasteiger partial charge is 0.320 e. The van der Waals surface area contributed by atoms with Crippen LogP contribution in [0.4, 0.5) is 0 Å². The summed E-state index contributed by atoms with van der Waals surface area (Å²) in [6, 6.07) is 7.32. The van der Waals surface area contributed by atoms with E-state index in [1.165, 1.54) is 17.5 Å². The molecule has 0 aliphatic heterocycles. The van der Waals surface area contributed by atoms with E-state index in [1.54, 1.807) is 16.7 Å². The maximum Gasteiger partial charge on any atom is 0.100 e. The quantitative estimate of drug-likeness (QED) is 0.407. The highest BCUT2D eigenvalue weighted by molar-refractivity contribution is 6.35. The zero-order valence-corrected chi connectivity index (χ0v) is 25.0. The van der Waals surface area contributed by atoms with Crippen LogP contribution >= 0.6 is 0 Å². The fourth-order valence-corrected chi connectivity index (χ4v) is 10.0. The van der Waals surface area contributed by atoms with Gasteiger partial charge in [0.2, 0.25) is 0 Å². The lowest BCUT2D eigenvalue weighted by molar-refractivity contribution is 0.135. The number of hydrogen-bond donors (Lipinski definition) is 0. The van der Waals surface area contributed by atoms with Gasteiger partial charge >= 0.3 is 0 Å². The van der Waals surface area contributed by atoms with Gasteiger partial charge in [0, 0.05) is 16.5 Å². The molecule has 0 spiro atoms. The first-order valence-corrected chi connectivity index (χ1v) is 14.7. The molecule has 1 aromatic rings. The van der Waals surface area contributed by atoms with Crippen LogP contribution in [0.2, 0.25) is 5.54 Å². The number of nitrogens with zero attached hydrogens (tertiary/aromatic N) is 1. The molecular weight excluding hydrogens is 414 g/mol. The Kier molecular flexibility index (Phi) is 5.82. The number of fused-ring (bicyclic) bond motifs is 4. The van der Waals surface area contributed by atoms with Gasteiger partial charge in [-0.2, -0.15) is 0 Å². The summed E-state index contributed by atoms with van der Waals surface area (Å²) in [5, 5.41) is 0. The molecule has 1 saturated carbocycles. The molecule has 2 heteroatoms. The topological polar surface area (TPSA) is 3.24 Å². The third-order valence-corrected chi connectivity index (χ3v) is 13.0. The first-order valence-electron chi connectivity index (χ1n) is 13.3. The Labute approximate surface area is 207 Å². The maximum absolute atomic E-state index is 2.89. The van der Waals surface area contributed by atoms with Gasteiger partial charge < -0.3 is 4.57 Å². The molecule has 0 heterocycles. The average molecular weight is 464 g/mol. The summed E-state index contributed by atoms with van der Waals surface area (Å²) in [4.78, 5) is 0. The van der Waals surface area contributed by atoms with Gasteiger partial charge in [0.1, 0.15) is 9.68 Å². The van der Waals surface area contributed by atoms with Crippen LogP contribution in [0.25, 0.3) is 5.57 Å². The SMILES string of the molecule is CC1CC2C=C3C(=CC2C1[SiH2]N(C(C)(C)C)C(C)(C)C)C(C)(C)c1cc(C(C)(C)C)ccc13. The molecule has 182 valence electrons. The molecule has 1 aromatic carbocycles. The summed E-state index contributed by atoms with van der Waals surface area (Å²) >= 11 is 0. The third kappa shape index (κ3) is 4.25. The highest BCUT2D eigenvalue weighted by Crippen LogP contribution is 2.58. The smallest absolute Gasteiger partial charge is 0.100 e. The van der Waals surface area contributed by atoms with Crippen LogP contribution < -0.4 is 0 Å². The fourth-order valence-electron chi connectivity index (χ4n) is 7.22. The van der Waals surface area contributed by atoms with Crippen molar-refractivity contribution in [1.82, 2.24) is 4.57 Å². The second kappa shape index (κ2) is 7.69. The van der Waals surface area contributed by atoms with Crippen LogP contribution in [0.3, 0.4) is 0 Å². The Morgan fingerprint density at radius 2 is 1.52 bits per heavy atom. The van der Waals surface area contributed by atoms with Crippen LogP contribution in [-0.2, 0) is 10.8 Å². The van der Waals surface area contributed by atoms with Crippen molar-refractivity contribution in [2.45, 2.75) is 117 Å². The van der Waals surface area contributed by atoms with Crippen LogP contribution in [-0.4, -0.2) is 25.3 Å². The fraction of sp³-hybridized carbons (Fsp3) is 0.677. The van der Waals surface area contributed by atoms with E-state index in [0.717, 1.165) is 11.5 Å². The van der Waals surface area contributed by atoms with E-state index in [9.17, 15) is 0 Å². The first kappa shape index (κ1) is 25.0. The van der Waals surface area contributed by atoms with Crippen molar-refractivity contribution in [1.29, 1.82) is 0 Å². The van der Waals surface area contributed by atoms with E-state index in [1.807, 2.05) is 0 Å². The van der Waals surface area contributed by atoms with Gasteiger partial charge in [0.15, 0.2) is 0 Å². The van der Waals surface area contributed by atoms with Gasteiger partial charge in [-0.05, 0) is 105 Å². The highest BCUT2D eigenvalue weighted by Gasteiger charge is 2.48. The Morgan fingerprint density at radius 1 is 0.909 bits per heavy atom. The van der Waals surface area contributed by atoms with E-state index in [-0.39, 0.29) is 21.9 Å². The molecule has 0 radical (unpaired) electrons. The van der Waals surface area contributed by atoms with Crippen molar-refractivity contribution in [3.63, 3.8) is 0 Å². The zero-order valence-electron chi connectivity index (χ0n) is 23.6. The summed E-state index contributed by atoms with van der Waals surface area (Å²) in [6.07, 6.45) is 6.82. The molecular formula is C31H49NSi. The standard InChI is InChI=1S/C31H49NSi/c1-19-15-20-16-24-22-14-13-21(28(2,3)4)17-25(22)31(11,12)26(24)18-23(20)27(19)33-32(29(5,6)7)30(8,9)10/h13-14,16-20,23,27H,15,33H2,1-12H3. The van der Waals surface area contributed by atoms with Crippen LogP contribution in [0.5, 0.6) is 0 Å². The zero-order chi connectivity index (χ0) is 24.7. The van der Waals surface area contributed by atoms with Crippen LogP contribution in [0, 0.1) is 17.8 Å². The Balaban J connectivity index is 1.73. The summed E-state index contributed by atoms with van der Waals surface area (Å²) in [7, 11) is -0.414. The van der Waals surface area contributed by atoms with E-state index < -0.39 is 9.68 Å². The summed E-state index contributed by atoms with van der Waals surface area (Å²) < 4.78 is 2.89. The minimum absolute atomic E-state index is 0.0963. The van der Waals surface area contributed by atoms with E-state index in [4.69, 9.17) is 0 Å². The molecule has 1 nitrogen and oxygen atoms in total. The van der Waals surface area contributed by atoms with Crippen molar-refractivity contribution in [3.05, 3.63) is 52.6 Å². The number of hydrogen-bond acceptors (Lipinski definition) is 1. The van der Waals surface area contributed by atoms with E-state index in [0.29, 0.717) is 11.8 Å². The number of rotatable bonds is 2. The molecule has 1 fully saturated rings. The van der Waals surface area contributed by atoms with Gasteiger partial charge in [-0.15, -0.1) is 0 Å². The summed E-state index contributed by atoms with van der Waals surface area (Å²) in [6.45, 7) is 29.0. The molecule has 4 unspecified atom stereocenters. The second-order valence-electron chi connectivity index (χ2n) is 14.9. The lowest BCUT2D eigenvalue weighted by Gasteiger charge is -2.48. The van der Waals surface area contributed by atoms with Gasteiger partial charge in [-0.3, -0.25) is 0 Å². The van der Waals surface area contributed by atoms with Crippen molar-refractivity contribution >= 4 is 15.3 Å². The Morgan fingerprint density at radius 3 is 2.06 bits per heavy atom. The normalized spacial score (nSPS) is 29.2. The maximum atomic E-state index is 2.89. The predicted octanol–water partition coefficient (Wildman–Crippen LogP) is 7.64. The lowest BCUT2D eigenvalue weighted by atomic mass is 9.75. The number of benzene rings is 1. The molecule has 4 atom stereocenters. The van der Waals surface area contributed by atoms with Crippen molar-refractivity contribution in [2.24, 2.45) is 17.8 Å². The average Bonchev–Trinajstić information content (AvgIpc) is 3.06. The Hall–Kier alpha value is -1.12. The van der Waals surface area contributed by atoms with Crippen LogP contribution in [0.15, 0.2) is 35.9 Å². The van der Waals surface area contributed by atoms with Gasteiger partial charge in [0.05, 0.1) is 0 Å². The van der Waals surface area contributed by atoms with Gasteiger partial charge in [0.25, 0.3) is 0 Å². The highest BCUT2D eigenvalue weighted by atomic mass is 28.2. The molecule has 0 amide bonds. The number of allylic oxidation sites excluding steroid dienone is 4. The van der Waals surface area contributed by atoms with Gasteiger partial charge in [-0.25, -0.2) is 0 Å². The van der Waals surface area contributed by atoms with Crippen molar-refractivity contribution < 1.29 is 0 Å². The first-order chi connectivity index (χ1) is 14.9.